The van der Waals surface area contributed by atoms with Crippen molar-refractivity contribution in [3.05, 3.63) is 24.3 Å². The van der Waals surface area contributed by atoms with Crippen LogP contribution >= 0.6 is 0 Å². The van der Waals surface area contributed by atoms with Crippen LogP contribution in [0, 0.1) is 0 Å². The van der Waals surface area contributed by atoms with E-state index in [-0.39, 0.29) is 12.6 Å². The first kappa shape index (κ1) is 13.3. The third-order valence-electron chi connectivity index (χ3n) is 2.48. The summed E-state index contributed by atoms with van der Waals surface area (Å²) in [4.78, 5) is 12.5. The summed E-state index contributed by atoms with van der Waals surface area (Å²) < 4.78 is 5.15. The lowest BCUT2D eigenvalue weighted by Gasteiger charge is -2.26. The second-order valence-corrected chi connectivity index (χ2v) is 3.88. The van der Waals surface area contributed by atoms with Gasteiger partial charge in [0.25, 0.3) is 0 Å². The van der Waals surface area contributed by atoms with Gasteiger partial charge in [-0.15, -0.1) is 0 Å². The Kier molecular flexibility index (Phi) is 4.78. The van der Waals surface area contributed by atoms with E-state index in [1.165, 1.54) is 0 Å². The van der Waals surface area contributed by atoms with Crippen molar-refractivity contribution < 1.29 is 14.6 Å². The van der Waals surface area contributed by atoms with E-state index in [0.29, 0.717) is 12.2 Å². The van der Waals surface area contributed by atoms with Crippen LogP contribution in [0.1, 0.15) is 6.92 Å². The lowest BCUT2D eigenvalue weighted by Crippen LogP contribution is -2.36. The van der Waals surface area contributed by atoms with Gasteiger partial charge < -0.3 is 20.5 Å². The summed E-state index contributed by atoms with van der Waals surface area (Å²) in [5.41, 5.74) is 7.13. The predicted octanol–water partition coefficient (Wildman–Crippen LogP) is 1.19. The largest absolute Gasteiger partial charge is 0.480 e. The van der Waals surface area contributed by atoms with Gasteiger partial charge in [0.1, 0.15) is 6.54 Å². The highest BCUT2D eigenvalue weighted by Gasteiger charge is 2.15. The van der Waals surface area contributed by atoms with Crippen molar-refractivity contribution in [2.75, 3.05) is 30.8 Å². The SMILES string of the molecule is COC(C)CN(CC(=O)O)c1ccccc1N. The van der Waals surface area contributed by atoms with E-state index in [4.69, 9.17) is 15.6 Å². The van der Waals surface area contributed by atoms with Crippen molar-refractivity contribution in [2.24, 2.45) is 0 Å². The van der Waals surface area contributed by atoms with Crippen molar-refractivity contribution in [3.8, 4) is 0 Å². The van der Waals surface area contributed by atoms with E-state index < -0.39 is 5.97 Å². The molecule has 94 valence electrons. The highest BCUT2D eigenvalue weighted by Crippen LogP contribution is 2.22. The molecule has 17 heavy (non-hydrogen) atoms. The fourth-order valence-corrected chi connectivity index (χ4v) is 1.57. The first-order chi connectivity index (χ1) is 8.04. The van der Waals surface area contributed by atoms with E-state index in [9.17, 15) is 4.79 Å². The summed E-state index contributed by atoms with van der Waals surface area (Å²) in [6, 6.07) is 7.21. The van der Waals surface area contributed by atoms with E-state index in [0.717, 1.165) is 5.69 Å². The predicted molar refractivity (Wildman–Crippen MR) is 67.2 cm³/mol. The van der Waals surface area contributed by atoms with Gasteiger partial charge in [-0.25, -0.2) is 0 Å². The number of hydrogen-bond donors (Lipinski definition) is 2. The van der Waals surface area contributed by atoms with E-state index >= 15 is 0 Å². The van der Waals surface area contributed by atoms with Crippen molar-refractivity contribution in [3.63, 3.8) is 0 Å². The number of nitrogen functional groups attached to an aromatic ring is 1. The minimum absolute atomic E-state index is 0.0612. The van der Waals surface area contributed by atoms with Crippen molar-refractivity contribution >= 4 is 17.3 Å². The van der Waals surface area contributed by atoms with Crippen LogP contribution in [0.4, 0.5) is 11.4 Å². The maximum Gasteiger partial charge on any atom is 0.323 e. The van der Waals surface area contributed by atoms with Gasteiger partial charge >= 0.3 is 5.97 Å². The van der Waals surface area contributed by atoms with Crippen LogP contribution in [0.2, 0.25) is 0 Å². The topological polar surface area (TPSA) is 75.8 Å². The average Bonchev–Trinajstić information content (AvgIpc) is 2.28. The molecule has 5 heteroatoms. The molecule has 0 amide bonds. The molecular weight excluding hydrogens is 220 g/mol. The lowest BCUT2D eigenvalue weighted by atomic mass is 10.2. The van der Waals surface area contributed by atoms with Crippen molar-refractivity contribution in [1.82, 2.24) is 0 Å². The number of anilines is 2. The number of nitrogens with two attached hydrogens (primary N) is 1. The minimum atomic E-state index is -0.892. The van der Waals surface area contributed by atoms with Crippen molar-refractivity contribution in [1.29, 1.82) is 0 Å². The standard InChI is InChI=1S/C12H18N2O3/c1-9(17-2)7-14(8-12(15)16)11-6-4-3-5-10(11)13/h3-6,9H,7-8,13H2,1-2H3,(H,15,16). The lowest BCUT2D eigenvalue weighted by molar-refractivity contribution is -0.135. The molecule has 1 aromatic carbocycles. The highest BCUT2D eigenvalue weighted by molar-refractivity contribution is 5.77. The second kappa shape index (κ2) is 6.10. The number of hydrogen-bond acceptors (Lipinski definition) is 4. The van der Waals surface area contributed by atoms with Crippen LogP contribution in [0.5, 0.6) is 0 Å². The second-order valence-electron chi connectivity index (χ2n) is 3.88. The van der Waals surface area contributed by atoms with Gasteiger partial charge in [-0.1, -0.05) is 12.1 Å². The third-order valence-corrected chi connectivity index (χ3v) is 2.48. The molecule has 0 bridgehead atoms. The number of ether oxygens (including phenoxy) is 1. The van der Waals surface area contributed by atoms with E-state index in [1.807, 2.05) is 19.1 Å². The monoisotopic (exact) mass is 238 g/mol. The molecule has 1 rings (SSSR count). The van der Waals surface area contributed by atoms with Crippen molar-refractivity contribution in [2.45, 2.75) is 13.0 Å². The third kappa shape index (κ3) is 3.96. The zero-order chi connectivity index (χ0) is 12.8. The van der Waals surface area contributed by atoms with Crippen LogP contribution in [0.15, 0.2) is 24.3 Å². The number of aliphatic carboxylic acids is 1. The summed E-state index contributed by atoms with van der Waals surface area (Å²) in [7, 11) is 1.60. The Morgan fingerprint density at radius 3 is 2.71 bits per heavy atom. The number of rotatable bonds is 6. The molecule has 0 heterocycles. The van der Waals surface area contributed by atoms with Crippen LogP contribution in [-0.2, 0) is 9.53 Å². The minimum Gasteiger partial charge on any atom is -0.480 e. The molecular formula is C12H18N2O3. The average molecular weight is 238 g/mol. The number of carboxylic acid groups (broad SMARTS) is 1. The molecule has 1 unspecified atom stereocenters. The highest BCUT2D eigenvalue weighted by atomic mass is 16.5. The number of carbonyl (C=O) groups is 1. The molecule has 0 aliphatic carbocycles. The van der Waals surface area contributed by atoms with Crippen LogP contribution in [0.25, 0.3) is 0 Å². The molecule has 0 saturated carbocycles. The van der Waals surface area contributed by atoms with Gasteiger partial charge in [0.05, 0.1) is 17.5 Å². The summed E-state index contributed by atoms with van der Waals surface area (Å²) in [5, 5.41) is 8.90. The normalized spacial score (nSPS) is 12.1. The quantitative estimate of drug-likeness (QED) is 0.728. The van der Waals surface area contributed by atoms with Gasteiger partial charge in [-0.05, 0) is 19.1 Å². The number of carboxylic acids is 1. The first-order valence-electron chi connectivity index (χ1n) is 5.38. The molecule has 0 aliphatic heterocycles. The van der Waals surface area contributed by atoms with Gasteiger partial charge in [0, 0.05) is 13.7 Å². The van der Waals surface area contributed by atoms with Crippen LogP contribution in [-0.4, -0.2) is 37.4 Å². The summed E-state index contributed by atoms with van der Waals surface area (Å²) in [6.07, 6.45) is -0.0612. The summed E-state index contributed by atoms with van der Waals surface area (Å²) >= 11 is 0. The van der Waals surface area contributed by atoms with E-state index in [1.54, 1.807) is 24.1 Å². The molecule has 0 saturated heterocycles. The molecule has 0 radical (unpaired) electrons. The fourth-order valence-electron chi connectivity index (χ4n) is 1.57. The fraction of sp³-hybridized carbons (Fsp3) is 0.417. The van der Waals surface area contributed by atoms with Gasteiger partial charge in [-0.3, -0.25) is 4.79 Å². The Morgan fingerprint density at radius 2 is 2.18 bits per heavy atom. The maximum atomic E-state index is 10.8. The number of para-hydroxylation sites is 2. The van der Waals surface area contributed by atoms with Gasteiger partial charge in [-0.2, -0.15) is 0 Å². The Hall–Kier alpha value is -1.75. The zero-order valence-corrected chi connectivity index (χ0v) is 10.1. The number of benzene rings is 1. The van der Waals surface area contributed by atoms with Crippen LogP contribution in [0.3, 0.4) is 0 Å². The molecule has 3 N–H and O–H groups in total. The smallest absolute Gasteiger partial charge is 0.323 e. The Balaban J connectivity index is 2.89. The van der Waals surface area contributed by atoms with Crippen LogP contribution < -0.4 is 10.6 Å². The van der Waals surface area contributed by atoms with Gasteiger partial charge in [0.15, 0.2) is 0 Å². The number of methoxy groups -OCH3 is 1. The molecule has 0 spiro atoms. The Bertz CT molecular complexity index is 382. The summed E-state index contributed by atoms with van der Waals surface area (Å²) in [6.45, 7) is 2.27. The first-order valence-corrected chi connectivity index (χ1v) is 5.38. The molecule has 5 nitrogen and oxygen atoms in total. The van der Waals surface area contributed by atoms with E-state index in [2.05, 4.69) is 0 Å². The van der Waals surface area contributed by atoms with Gasteiger partial charge in [0.2, 0.25) is 0 Å². The molecule has 1 atom stereocenters. The number of nitrogens with zero attached hydrogens (tertiary/aromatic N) is 1. The zero-order valence-electron chi connectivity index (χ0n) is 10.1. The molecule has 1 aromatic rings. The Labute approximate surface area is 101 Å². The Morgan fingerprint density at radius 1 is 1.53 bits per heavy atom. The molecule has 0 aromatic heterocycles. The maximum absolute atomic E-state index is 10.8. The molecule has 0 fully saturated rings. The summed E-state index contributed by atoms with van der Waals surface area (Å²) in [5.74, 6) is -0.892. The molecule has 0 aliphatic rings.